The predicted octanol–water partition coefficient (Wildman–Crippen LogP) is 2.26. The molecule has 98 valence electrons. The summed E-state index contributed by atoms with van der Waals surface area (Å²) in [5.74, 6) is -1.09. The first-order valence-corrected chi connectivity index (χ1v) is 5.93. The Morgan fingerprint density at radius 2 is 2.22 bits per heavy atom. The number of aromatic nitrogens is 4. The van der Waals surface area contributed by atoms with Crippen molar-refractivity contribution >= 4 is 16.7 Å². The number of nitrogens with zero attached hydrogens (tertiary/aromatic N) is 4. The Bertz CT molecular complexity index is 479. The van der Waals surface area contributed by atoms with Crippen molar-refractivity contribution in [1.29, 1.82) is 0 Å². The molecule has 0 atom stereocenters. The molecule has 18 heavy (non-hydrogen) atoms. The highest BCUT2D eigenvalue weighted by Crippen LogP contribution is 2.28. The van der Waals surface area contributed by atoms with E-state index in [4.69, 9.17) is 0 Å². The fourth-order valence-electron chi connectivity index (χ4n) is 1.29. The molecule has 1 N–H and O–H groups in total. The van der Waals surface area contributed by atoms with E-state index in [-0.39, 0.29) is 5.13 Å². The molecule has 0 saturated heterocycles. The molecular formula is C9H10F3N5S. The van der Waals surface area contributed by atoms with Gasteiger partial charge in [-0.2, -0.15) is 22.5 Å². The van der Waals surface area contributed by atoms with Crippen LogP contribution in [0.4, 0.5) is 18.3 Å². The SMILES string of the molecule is FC(F)(F)c1nsc(NCCCn2ccnc2)n1. The van der Waals surface area contributed by atoms with Gasteiger partial charge in [-0.3, -0.25) is 0 Å². The molecule has 0 radical (unpaired) electrons. The largest absolute Gasteiger partial charge is 0.452 e. The van der Waals surface area contributed by atoms with Crippen molar-refractivity contribution in [3.05, 3.63) is 24.5 Å². The minimum atomic E-state index is -4.48. The van der Waals surface area contributed by atoms with Gasteiger partial charge in [-0.25, -0.2) is 4.98 Å². The Kier molecular flexibility index (Phi) is 3.80. The summed E-state index contributed by atoms with van der Waals surface area (Å²) in [4.78, 5) is 7.25. The van der Waals surface area contributed by atoms with Gasteiger partial charge < -0.3 is 9.88 Å². The minimum absolute atomic E-state index is 0.188. The average Bonchev–Trinajstić information content (AvgIpc) is 2.95. The molecule has 2 heterocycles. The van der Waals surface area contributed by atoms with Crippen LogP contribution in [0.25, 0.3) is 0 Å². The molecular weight excluding hydrogens is 267 g/mol. The highest BCUT2D eigenvalue weighted by Gasteiger charge is 2.35. The lowest BCUT2D eigenvalue weighted by molar-refractivity contribution is -0.144. The minimum Gasteiger partial charge on any atom is -0.360 e. The van der Waals surface area contributed by atoms with Crippen molar-refractivity contribution in [1.82, 2.24) is 18.9 Å². The molecule has 0 fully saturated rings. The van der Waals surface area contributed by atoms with Crippen LogP contribution in [0, 0.1) is 0 Å². The standard InChI is InChI=1S/C9H10F3N5S/c10-9(11,12)7-15-8(18-16-7)14-2-1-4-17-5-3-13-6-17/h3,5-6H,1-2,4H2,(H,14,15,16). The van der Waals surface area contributed by atoms with E-state index in [1.165, 1.54) is 0 Å². The van der Waals surface area contributed by atoms with Crippen LogP contribution >= 0.6 is 11.5 Å². The monoisotopic (exact) mass is 277 g/mol. The first-order chi connectivity index (χ1) is 8.55. The molecule has 2 aromatic heterocycles. The van der Waals surface area contributed by atoms with Gasteiger partial charge in [-0.1, -0.05) is 0 Å². The zero-order chi connectivity index (χ0) is 13.0. The number of imidazole rings is 1. The summed E-state index contributed by atoms with van der Waals surface area (Å²) in [6.45, 7) is 1.28. The molecule has 0 amide bonds. The maximum atomic E-state index is 12.2. The summed E-state index contributed by atoms with van der Waals surface area (Å²) in [7, 11) is 0. The predicted molar refractivity (Wildman–Crippen MR) is 60.2 cm³/mol. The van der Waals surface area contributed by atoms with Crippen molar-refractivity contribution in [2.45, 2.75) is 19.1 Å². The Balaban J connectivity index is 1.75. The fraction of sp³-hybridized carbons (Fsp3) is 0.444. The molecule has 0 spiro atoms. The smallest absolute Gasteiger partial charge is 0.360 e. The maximum absolute atomic E-state index is 12.2. The first-order valence-electron chi connectivity index (χ1n) is 5.16. The van der Waals surface area contributed by atoms with E-state index in [0.717, 1.165) is 13.0 Å². The average molecular weight is 277 g/mol. The number of halogens is 3. The summed E-state index contributed by atoms with van der Waals surface area (Å²) in [6, 6.07) is 0. The van der Waals surface area contributed by atoms with Crippen LogP contribution in [0.2, 0.25) is 0 Å². The Morgan fingerprint density at radius 1 is 1.39 bits per heavy atom. The van der Waals surface area contributed by atoms with Gasteiger partial charge in [0, 0.05) is 37.0 Å². The van der Waals surface area contributed by atoms with E-state index in [0.29, 0.717) is 18.1 Å². The molecule has 0 aliphatic rings. The van der Waals surface area contributed by atoms with Crippen LogP contribution in [-0.2, 0) is 12.7 Å². The Morgan fingerprint density at radius 3 is 2.83 bits per heavy atom. The lowest BCUT2D eigenvalue weighted by Crippen LogP contribution is -2.08. The number of nitrogens with one attached hydrogen (secondary N) is 1. The summed E-state index contributed by atoms with van der Waals surface area (Å²) in [5.41, 5.74) is 0. The number of anilines is 1. The van der Waals surface area contributed by atoms with Gasteiger partial charge in [-0.05, 0) is 6.42 Å². The molecule has 9 heteroatoms. The lowest BCUT2D eigenvalue weighted by Gasteiger charge is -2.03. The molecule has 5 nitrogen and oxygen atoms in total. The number of rotatable bonds is 5. The van der Waals surface area contributed by atoms with Crippen LogP contribution < -0.4 is 5.32 Å². The quantitative estimate of drug-likeness (QED) is 0.852. The first kappa shape index (κ1) is 12.8. The van der Waals surface area contributed by atoms with Crippen LogP contribution in [0.15, 0.2) is 18.7 Å². The van der Waals surface area contributed by atoms with Gasteiger partial charge in [0.15, 0.2) is 0 Å². The zero-order valence-electron chi connectivity index (χ0n) is 9.18. The second-order valence-corrected chi connectivity index (χ2v) is 4.25. The van der Waals surface area contributed by atoms with Gasteiger partial charge in [0.1, 0.15) is 0 Å². The number of hydrogen-bond acceptors (Lipinski definition) is 5. The highest BCUT2D eigenvalue weighted by molar-refractivity contribution is 7.09. The summed E-state index contributed by atoms with van der Waals surface area (Å²) in [6.07, 6.45) is 1.47. The van der Waals surface area contributed by atoms with Crippen molar-refractivity contribution < 1.29 is 13.2 Å². The Hall–Kier alpha value is -1.64. The maximum Gasteiger partial charge on any atom is 0.452 e. The van der Waals surface area contributed by atoms with E-state index < -0.39 is 12.0 Å². The summed E-state index contributed by atoms with van der Waals surface area (Å²) < 4.78 is 41.8. The fourth-order valence-corrected chi connectivity index (χ4v) is 1.90. The van der Waals surface area contributed by atoms with E-state index in [1.54, 1.807) is 12.5 Å². The molecule has 2 aromatic rings. The molecule has 2 rings (SSSR count). The van der Waals surface area contributed by atoms with E-state index >= 15 is 0 Å². The van der Waals surface area contributed by atoms with Crippen molar-refractivity contribution in [3.8, 4) is 0 Å². The second kappa shape index (κ2) is 5.34. The summed E-state index contributed by atoms with van der Waals surface area (Å²) in [5, 5.41) is 3.00. The van der Waals surface area contributed by atoms with E-state index in [9.17, 15) is 13.2 Å². The van der Waals surface area contributed by atoms with E-state index in [2.05, 4.69) is 19.7 Å². The van der Waals surface area contributed by atoms with Gasteiger partial charge in [-0.15, -0.1) is 0 Å². The van der Waals surface area contributed by atoms with Gasteiger partial charge >= 0.3 is 6.18 Å². The van der Waals surface area contributed by atoms with Gasteiger partial charge in [0.05, 0.1) is 6.33 Å². The van der Waals surface area contributed by atoms with Crippen molar-refractivity contribution in [2.75, 3.05) is 11.9 Å². The van der Waals surface area contributed by atoms with Crippen molar-refractivity contribution in [3.63, 3.8) is 0 Å². The lowest BCUT2D eigenvalue weighted by atomic mass is 10.4. The van der Waals surface area contributed by atoms with Crippen LogP contribution in [0.3, 0.4) is 0 Å². The van der Waals surface area contributed by atoms with Gasteiger partial charge in [0.25, 0.3) is 0 Å². The number of alkyl halides is 3. The van der Waals surface area contributed by atoms with Gasteiger partial charge in [0.2, 0.25) is 11.0 Å². The van der Waals surface area contributed by atoms with E-state index in [1.807, 2.05) is 10.8 Å². The zero-order valence-corrected chi connectivity index (χ0v) is 10.0. The normalized spacial score (nSPS) is 11.7. The third kappa shape index (κ3) is 3.42. The number of hydrogen-bond donors (Lipinski definition) is 1. The third-order valence-corrected chi connectivity index (χ3v) is 2.78. The molecule has 0 bridgehead atoms. The molecule has 0 unspecified atom stereocenters. The number of aryl methyl sites for hydroxylation is 1. The van der Waals surface area contributed by atoms with Crippen LogP contribution in [0.1, 0.15) is 12.2 Å². The molecule has 0 aliphatic heterocycles. The highest BCUT2D eigenvalue weighted by atomic mass is 32.1. The van der Waals surface area contributed by atoms with Crippen LogP contribution in [-0.4, -0.2) is 25.5 Å². The van der Waals surface area contributed by atoms with Crippen LogP contribution in [0.5, 0.6) is 0 Å². The third-order valence-electron chi connectivity index (χ3n) is 2.11. The molecule has 0 aromatic carbocycles. The molecule has 0 saturated carbocycles. The topological polar surface area (TPSA) is 55.6 Å². The molecule has 0 aliphatic carbocycles. The Labute approximate surface area is 105 Å². The summed E-state index contributed by atoms with van der Waals surface area (Å²) >= 11 is 0.713. The second-order valence-electron chi connectivity index (χ2n) is 3.50. The van der Waals surface area contributed by atoms with Crippen molar-refractivity contribution in [2.24, 2.45) is 0 Å².